The Bertz CT molecular complexity index is 877. The first-order chi connectivity index (χ1) is 14.2. The number of halogens is 2. The normalized spacial score (nSPS) is 13.9. The van der Waals surface area contributed by atoms with E-state index in [1.165, 1.54) is 19.4 Å². The Balaban J connectivity index is 1.87. The third-order valence-electron chi connectivity index (χ3n) is 3.53. The van der Waals surface area contributed by atoms with Crippen molar-refractivity contribution < 1.29 is 32.7 Å². The molecule has 154 valence electrons. The van der Waals surface area contributed by atoms with E-state index in [1.54, 1.807) is 24.3 Å². The van der Waals surface area contributed by atoms with Gasteiger partial charge in [0.15, 0.2) is 18.4 Å². The van der Waals surface area contributed by atoms with Crippen molar-refractivity contribution in [2.45, 2.75) is 6.10 Å². The summed E-state index contributed by atoms with van der Waals surface area (Å²) in [4.78, 5) is 18.0. The molecule has 0 radical (unpaired) electrons. The maximum absolute atomic E-state index is 12.7. The Morgan fingerprint density at radius 3 is 2.76 bits per heavy atom. The predicted octanol–water partition coefficient (Wildman–Crippen LogP) is 2.67. The number of ether oxygens (including phenoxy) is 3. The van der Waals surface area contributed by atoms with Crippen LogP contribution in [0.3, 0.4) is 0 Å². The summed E-state index contributed by atoms with van der Waals surface area (Å²) >= 11 is 0. The summed E-state index contributed by atoms with van der Waals surface area (Å²) < 4.78 is 41.7. The van der Waals surface area contributed by atoms with Gasteiger partial charge in [-0.2, -0.15) is 4.98 Å². The summed E-state index contributed by atoms with van der Waals surface area (Å²) in [7, 11) is 1.38. The molecule has 1 aliphatic heterocycles. The van der Waals surface area contributed by atoms with Crippen LogP contribution in [-0.2, 0) is 14.4 Å². The van der Waals surface area contributed by atoms with Crippen LogP contribution in [0, 0.1) is 0 Å². The van der Waals surface area contributed by atoms with E-state index in [0.29, 0.717) is 24.5 Å². The van der Waals surface area contributed by atoms with E-state index in [9.17, 15) is 8.78 Å². The number of aromatic nitrogens is 2. The highest BCUT2D eigenvalue weighted by Crippen LogP contribution is 2.26. The zero-order valence-electron chi connectivity index (χ0n) is 15.5. The van der Waals surface area contributed by atoms with Gasteiger partial charge in [-0.1, -0.05) is 17.3 Å². The van der Waals surface area contributed by atoms with Crippen molar-refractivity contribution >= 4 is 11.6 Å². The second kappa shape index (κ2) is 10.2. The molecule has 0 bridgehead atoms. The van der Waals surface area contributed by atoms with Gasteiger partial charge in [0.2, 0.25) is 5.88 Å². The summed E-state index contributed by atoms with van der Waals surface area (Å²) in [6.07, 6.45) is 0.104. The van der Waals surface area contributed by atoms with Crippen LogP contribution >= 0.6 is 0 Å². The van der Waals surface area contributed by atoms with E-state index in [4.69, 9.17) is 23.9 Å². The smallest absolute Gasteiger partial charge is 0.325 e. The lowest BCUT2D eigenvalue weighted by Crippen LogP contribution is -2.25. The fraction of sp³-hybridized carbons (Fsp3) is 0.333. The van der Waals surface area contributed by atoms with E-state index >= 15 is 0 Å². The van der Waals surface area contributed by atoms with E-state index in [-0.39, 0.29) is 23.5 Å². The number of hydrogen-bond donors (Lipinski definition) is 0. The first kappa shape index (κ1) is 20.2. The lowest BCUT2D eigenvalue weighted by molar-refractivity contribution is 0.0672. The van der Waals surface area contributed by atoms with Crippen LogP contribution in [0.5, 0.6) is 17.6 Å². The van der Waals surface area contributed by atoms with Crippen molar-refractivity contribution in [3.63, 3.8) is 0 Å². The Morgan fingerprint density at radius 1 is 1.21 bits per heavy atom. The molecule has 0 saturated carbocycles. The molecule has 2 aromatic rings. The first-order valence-electron chi connectivity index (χ1n) is 8.58. The minimum Gasteiger partial charge on any atom is -0.470 e. The molecule has 1 aromatic carbocycles. The molecule has 0 aliphatic carbocycles. The molecule has 2 heterocycles. The maximum Gasteiger partial charge on any atom is 0.325 e. The minimum atomic E-state index is -1.24. The highest BCUT2D eigenvalue weighted by Gasteiger charge is 2.23. The van der Waals surface area contributed by atoms with E-state index in [2.05, 4.69) is 20.3 Å². The predicted molar refractivity (Wildman–Crippen MR) is 97.8 cm³/mol. The van der Waals surface area contributed by atoms with Gasteiger partial charge in [-0.3, -0.25) is 0 Å². The Labute approximate surface area is 164 Å². The van der Waals surface area contributed by atoms with Crippen LogP contribution < -0.4 is 9.47 Å². The third kappa shape index (κ3) is 5.27. The number of nitrogens with zero attached hydrogens (tertiary/aromatic N) is 4. The molecule has 29 heavy (non-hydrogen) atoms. The van der Waals surface area contributed by atoms with Crippen LogP contribution in [0.4, 0.5) is 8.78 Å². The van der Waals surface area contributed by atoms with E-state index in [0.717, 1.165) is 0 Å². The molecule has 0 N–H and O–H groups in total. The monoisotopic (exact) mass is 408 g/mol. The van der Waals surface area contributed by atoms with Crippen molar-refractivity contribution in [2.24, 2.45) is 10.3 Å². The highest BCUT2D eigenvalue weighted by molar-refractivity contribution is 6.45. The van der Waals surface area contributed by atoms with Crippen molar-refractivity contribution in [1.29, 1.82) is 0 Å². The van der Waals surface area contributed by atoms with Crippen LogP contribution in [0.15, 0.2) is 46.8 Å². The molecule has 1 aromatic heterocycles. The molecule has 0 atom stereocenters. The van der Waals surface area contributed by atoms with Crippen molar-refractivity contribution in [1.82, 2.24) is 9.97 Å². The molecule has 0 fully saturated rings. The fourth-order valence-corrected chi connectivity index (χ4v) is 2.28. The van der Waals surface area contributed by atoms with Gasteiger partial charge in [-0.05, 0) is 17.3 Å². The van der Waals surface area contributed by atoms with Crippen molar-refractivity contribution in [3.8, 4) is 17.6 Å². The largest absolute Gasteiger partial charge is 0.470 e. The topological polar surface area (TPSA) is 96.7 Å². The van der Waals surface area contributed by atoms with Gasteiger partial charge in [-0.25, -0.2) is 13.8 Å². The second-order valence-electron chi connectivity index (χ2n) is 5.52. The fourth-order valence-electron chi connectivity index (χ4n) is 2.28. The second-order valence-corrected chi connectivity index (χ2v) is 5.52. The minimum absolute atomic E-state index is 0.0213. The molecule has 0 unspecified atom stereocenters. The van der Waals surface area contributed by atoms with Crippen LogP contribution in [-0.4, -0.2) is 61.4 Å². The van der Waals surface area contributed by atoms with Gasteiger partial charge in [-0.15, -0.1) is 0 Å². The molecule has 0 saturated heterocycles. The number of rotatable bonds is 9. The van der Waals surface area contributed by atoms with Gasteiger partial charge in [0.1, 0.15) is 32.8 Å². The average molecular weight is 408 g/mol. The Hall–Kier alpha value is -3.50. The van der Waals surface area contributed by atoms with Crippen LogP contribution in [0.2, 0.25) is 0 Å². The molecular weight excluding hydrogens is 390 g/mol. The van der Waals surface area contributed by atoms with Gasteiger partial charge in [0, 0.05) is 12.3 Å². The zero-order valence-corrected chi connectivity index (χ0v) is 15.5. The highest BCUT2D eigenvalue weighted by atomic mass is 19.1. The number of benzene rings is 1. The lowest BCUT2D eigenvalue weighted by atomic mass is 10.1. The summed E-state index contributed by atoms with van der Waals surface area (Å²) in [5.74, 6) is 0.415. The molecule has 3 rings (SSSR count). The quantitative estimate of drug-likeness (QED) is 0.465. The summed E-state index contributed by atoms with van der Waals surface area (Å²) in [6.45, 7) is -1.35. The van der Waals surface area contributed by atoms with Crippen LogP contribution in [0.1, 0.15) is 5.56 Å². The van der Waals surface area contributed by atoms with Gasteiger partial charge < -0.3 is 23.9 Å². The zero-order chi connectivity index (χ0) is 20.5. The summed E-state index contributed by atoms with van der Waals surface area (Å²) in [5, 5.41) is 7.80. The third-order valence-corrected chi connectivity index (χ3v) is 3.53. The number of para-hydroxylation sites is 1. The Kier molecular flexibility index (Phi) is 7.09. The van der Waals surface area contributed by atoms with Gasteiger partial charge in [0.25, 0.3) is 5.90 Å². The van der Waals surface area contributed by atoms with E-state index < -0.39 is 19.5 Å². The van der Waals surface area contributed by atoms with Gasteiger partial charge in [0.05, 0.1) is 5.56 Å². The lowest BCUT2D eigenvalue weighted by Gasteiger charge is -2.16. The molecule has 9 nitrogen and oxygen atoms in total. The van der Waals surface area contributed by atoms with Crippen molar-refractivity contribution in [2.75, 3.05) is 33.7 Å². The molecule has 0 spiro atoms. The molecule has 1 aliphatic rings. The summed E-state index contributed by atoms with van der Waals surface area (Å²) in [6, 6.07) is 8.11. The molecule has 0 amide bonds. The average Bonchev–Trinajstić information content (AvgIpc) is 2.77. The summed E-state index contributed by atoms with van der Waals surface area (Å²) in [5.41, 5.74) is 0.712. The van der Waals surface area contributed by atoms with Crippen molar-refractivity contribution in [3.05, 3.63) is 42.1 Å². The molecule has 11 heteroatoms. The standard InChI is InChI=1S/C18H18F2N4O5/c1-25-23-16(17-24-27-9-8-26-17)13-4-2-3-5-14(13)29-18-21-7-6-15(22-18)28-12(10-19)11-20/h2-7,12H,8-11H2,1H3/b23-16+. The number of hydrogen-bond acceptors (Lipinski definition) is 9. The number of oxime groups is 2. The Morgan fingerprint density at radius 2 is 2.03 bits per heavy atom. The maximum atomic E-state index is 12.7. The van der Waals surface area contributed by atoms with Gasteiger partial charge >= 0.3 is 6.01 Å². The molecular formula is C18H18F2N4O5. The first-order valence-corrected chi connectivity index (χ1v) is 8.58. The number of alkyl halides is 2. The van der Waals surface area contributed by atoms with E-state index in [1.807, 2.05) is 0 Å². The van der Waals surface area contributed by atoms with Crippen LogP contribution in [0.25, 0.3) is 0 Å². The SMILES string of the molecule is CO/N=C(/C1=NOCCO1)c1ccccc1Oc1nccc(OC(CF)CF)n1.